The second-order valence-corrected chi connectivity index (χ2v) is 7.39. The van der Waals surface area contributed by atoms with Gasteiger partial charge in [-0.1, -0.05) is 26.0 Å². The number of nitro benzene ring substituents is 1. The average molecular weight is 352 g/mol. The van der Waals surface area contributed by atoms with Gasteiger partial charge in [0.05, 0.1) is 11.0 Å². The van der Waals surface area contributed by atoms with E-state index in [2.05, 4.69) is 12.6 Å². The highest BCUT2D eigenvalue weighted by Gasteiger charge is 2.41. The zero-order valence-electron chi connectivity index (χ0n) is 13.8. The Morgan fingerprint density at radius 1 is 1.46 bits per heavy atom. The fourth-order valence-corrected chi connectivity index (χ4v) is 2.92. The van der Waals surface area contributed by atoms with Crippen LogP contribution in [-0.4, -0.2) is 34.5 Å². The maximum absolute atomic E-state index is 12.6. The standard InChI is InChI=1S/C16H20N2O5S/c1-10(2)13-9-23-15(20)17(13)14(19)8-16(3,24)11-4-6-12(7-5-11)18(21)22/h4-7,10,13,24H,8-9H2,1-3H3/t13-,16-/m1/s1. The lowest BCUT2D eigenvalue weighted by Crippen LogP contribution is -2.43. The van der Waals surface area contributed by atoms with E-state index in [9.17, 15) is 19.7 Å². The highest BCUT2D eigenvalue weighted by Crippen LogP contribution is 2.34. The maximum Gasteiger partial charge on any atom is 0.416 e. The first kappa shape index (κ1) is 18.3. The van der Waals surface area contributed by atoms with Gasteiger partial charge in [0, 0.05) is 23.3 Å². The fourth-order valence-electron chi connectivity index (χ4n) is 2.64. The lowest BCUT2D eigenvalue weighted by molar-refractivity contribution is -0.384. The molecule has 1 aromatic carbocycles. The minimum Gasteiger partial charge on any atom is -0.447 e. The summed E-state index contributed by atoms with van der Waals surface area (Å²) in [6.45, 7) is 5.77. The molecule has 0 radical (unpaired) electrons. The van der Waals surface area contributed by atoms with E-state index in [1.165, 1.54) is 12.1 Å². The Bertz CT molecular complexity index is 657. The van der Waals surface area contributed by atoms with E-state index in [0.717, 1.165) is 4.90 Å². The molecule has 0 aromatic heterocycles. The van der Waals surface area contributed by atoms with Gasteiger partial charge in [-0.15, -0.1) is 0 Å². The van der Waals surface area contributed by atoms with Crippen LogP contribution >= 0.6 is 12.6 Å². The Hall–Kier alpha value is -2.09. The van der Waals surface area contributed by atoms with E-state index in [-0.39, 0.29) is 36.6 Å². The van der Waals surface area contributed by atoms with Crippen LogP contribution in [0.15, 0.2) is 24.3 Å². The molecule has 1 heterocycles. The summed E-state index contributed by atoms with van der Waals surface area (Å²) in [5.41, 5.74) is 0.635. The van der Waals surface area contributed by atoms with E-state index in [0.29, 0.717) is 5.56 Å². The van der Waals surface area contributed by atoms with Crippen LogP contribution in [0.2, 0.25) is 0 Å². The summed E-state index contributed by atoms with van der Waals surface area (Å²) in [7, 11) is 0. The average Bonchev–Trinajstić information content (AvgIpc) is 2.89. The number of cyclic esters (lactones) is 1. The summed E-state index contributed by atoms with van der Waals surface area (Å²) in [5, 5.41) is 10.7. The molecule has 8 heteroatoms. The number of nitro groups is 1. The predicted octanol–water partition coefficient (Wildman–Crippen LogP) is 3.13. The highest BCUT2D eigenvalue weighted by atomic mass is 32.1. The zero-order valence-corrected chi connectivity index (χ0v) is 14.7. The van der Waals surface area contributed by atoms with Crippen LogP contribution in [0, 0.1) is 16.0 Å². The van der Waals surface area contributed by atoms with Crippen LogP contribution in [0.5, 0.6) is 0 Å². The van der Waals surface area contributed by atoms with E-state index in [1.54, 1.807) is 19.1 Å². The van der Waals surface area contributed by atoms with Gasteiger partial charge in [0.1, 0.15) is 6.61 Å². The van der Waals surface area contributed by atoms with Gasteiger partial charge in [0.2, 0.25) is 5.91 Å². The van der Waals surface area contributed by atoms with Gasteiger partial charge in [0.25, 0.3) is 5.69 Å². The number of carbonyl (C=O) groups excluding carboxylic acids is 2. The van der Waals surface area contributed by atoms with Crippen molar-refractivity contribution < 1.29 is 19.2 Å². The Labute approximate surface area is 145 Å². The van der Waals surface area contributed by atoms with Crippen LogP contribution in [-0.2, 0) is 14.3 Å². The number of rotatable bonds is 5. The Morgan fingerprint density at radius 2 is 2.04 bits per heavy atom. The minimum atomic E-state index is -0.864. The van der Waals surface area contributed by atoms with Crippen molar-refractivity contribution in [3.63, 3.8) is 0 Å². The van der Waals surface area contributed by atoms with Crippen molar-refractivity contribution in [2.75, 3.05) is 6.61 Å². The SMILES string of the molecule is CC(C)[C@H]1COC(=O)N1C(=O)C[C@@](C)(S)c1ccc([N+](=O)[O-])cc1. The van der Waals surface area contributed by atoms with E-state index in [1.807, 2.05) is 13.8 Å². The third-order valence-electron chi connectivity index (χ3n) is 4.14. The first-order valence-corrected chi connectivity index (χ1v) is 8.04. The van der Waals surface area contributed by atoms with Crippen molar-refractivity contribution in [3.8, 4) is 0 Å². The van der Waals surface area contributed by atoms with Crippen molar-refractivity contribution in [1.82, 2.24) is 4.90 Å². The first-order chi connectivity index (χ1) is 11.1. The molecule has 0 spiro atoms. The maximum atomic E-state index is 12.6. The number of carbonyl (C=O) groups is 2. The summed E-state index contributed by atoms with van der Waals surface area (Å²) in [6, 6.07) is 5.59. The summed E-state index contributed by atoms with van der Waals surface area (Å²) in [6.07, 6.45) is -0.654. The number of benzene rings is 1. The van der Waals surface area contributed by atoms with E-state index in [4.69, 9.17) is 4.74 Å². The minimum absolute atomic E-state index is 0.0216. The Kier molecular flexibility index (Phi) is 5.17. The van der Waals surface area contributed by atoms with Crippen LogP contribution in [0.4, 0.5) is 10.5 Å². The number of nitrogens with zero attached hydrogens (tertiary/aromatic N) is 2. The molecule has 0 N–H and O–H groups in total. The van der Waals surface area contributed by atoms with Crippen LogP contribution in [0.1, 0.15) is 32.8 Å². The monoisotopic (exact) mass is 352 g/mol. The quantitative estimate of drug-likeness (QED) is 0.499. The highest BCUT2D eigenvalue weighted by molar-refractivity contribution is 7.81. The largest absolute Gasteiger partial charge is 0.447 e. The van der Waals surface area contributed by atoms with Gasteiger partial charge in [-0.3, -0.25) is 14.9 Å². The Morgan fingerprint density at radius 3 is 2.54 bits per heavy atom. The van der Waals surface area contributed by atoms with Gasteiger partial charge in [-0.2, -0.15) is 12.6 Å². The van der Waals surface area contributed by atoms with Gasteiger partial charge >= 0.3 is 6.09 Å². The molecule has 2 amide bonds. The topological polar surface area (TPSA) is 89.8 Å². The molecule has 24 heavy (non-hydrogen) atoms. The number of amides is 2. The molecule has 2 rings (SSSR count). The van der Waals surface area contributed by atoms with Crippen LogP contribution < -0.4 is 0 Å². The lowest BCUT2D eigenvalue weighted by Gasteiger charge is -2.28. The molecular weight excluding hydrogens is 332 g/mol. The molecule has 1 aliphatic rings. The predicted molar refractivity (Wildman–Crippen MR) is 90.9 cm³/mol. The molecule has 1 saturated heterocycles. The smallest absolute Gasteiger partial charge is 0.416 e. The number of ether oxygens (including phenoxy) is 1. The molecule has 130 valence electrons. The zero-order chi connectivity index (χ0) is 18.1. The molecule has 0 unspecified atom stereocenters. The molecule has 2 atom stereocenters. The molecule has 7 nitrogen and oxygen atoms in total. The molecule has 1 fully saturated rings. The van der Waals surface area contributed by atoms with E-state index >= 15 is 0 Å². The number of hydrogen-bond donors (Lipinski definition) is 1. The van der Waals surface area contributed by atoms with Crippen molar-refractivity contribution in [2.24, 2.45) is 5.92 Å². The summed E-state index contributed by atoms with van der Waals surface area (Å²) < 4.78 is 4.12. The molecule has 1 aromatic rings. The van der Waals surface area contributed by atoms with Gasteiger partial charge in [-0.05, 0) is 18.4 Å². The van der Waals surface area contributed by atoms with Crippen molar-refractivity contribution in [2.45, 2.75) is 38.0 Å². The summed E-state index contributed by atoms with van der Waals surface area (Å²) >= 11 is 4.54. The third-order valence-corrected chi connectivity index (χ3v) is 4.56. The second kappa shape index (κ2) is 6.80. The number of imide groups is 1. The van der Waals surface area contributed by atoms with Gasteiger partial charge in [-0.25, -0.2) is 9.69 Å². The summed E-state index contributed by atoms with van der Waals surface area (Å²) in [5.74, 6) is -0.280. The second-order valence-electron chi connectivity index (χ2n) is 6.41. The Balaban J connectivity index is 2.17. The normalized spacial score (nSPS) is 20.0. The fraction of sp³-hybridized carbons (Fsp3) is 0.500. The molecule has 0 bridgehead atoms. The first-order valence-electron chi connectivity index (χ1n) is 7.59. The third kappa shape index (κ3) is 3.69. The van der Waals surface area contributed by atoms with Crippen molar-refractivity contribution in [1.29, 1.82) is 0 Å². The lowest BCUT2D eigenvalue weighted by atomic mass is 9.95. The van der Waals surface area contributed by atoms with Crippen LogP contribution in [0.3, 0.4) is 0 Å². The van der Waals surface area contributed by atoms with E-state index < -0.39 is 15.8 Å². The van der Waals surface area contributed by atoms with Crippen molar-refractivity contribution in [3.05, 3.63) is 39.9 Å². The molecular formula is C16H20N2O5S. The number of hydrogen-bond acceptors (Lipinski definition) is 6. The summed E-state index contributed by atoms with van der Waals surface area (Å²) in [4.78, 5) is 35.9. The van der Waals surface area contributed by atoms with Gasteiger partial charge in [0.15, 0.2) is 0 Å². The molecule has 0 saturated carbocycles. The molecule has 1 aliphatic heterocycles. The number of thiol groups is 1. The molecule has 0 aliphatic carbocycles. The van der Waals surface area contributed by atoms with Gasteiger partial charge < -0.3 is 4.74 Å². The number of non-ortho nitro benzene ring substituents is 1. The van der Waals surface area contributed by atoms with Crippen LogP contribution in [0.25, 0.3) is 0 Å². The van der Waals surface area contributed by atoms with Crippen molar-refractivity contribution >= 4 is 30.3 Å².